The molecule has 0 bridgehead atoms. The number of hydrogen-bond acceptors (Lipinski definition) is 2. The van der Waals surface area contributed by atoms with E-state index in [9.17, 15) is 0 Å². The van der Waals surface area contributed by atoms with E-state index >= 15 is 0 Å². The number of aromatic nitrogens is 4. The standard InChI is InChI=1S/C8H6N4/c1-2-9-8-6(1)7-5(3-10-8)4-11-12-7/h1-4H,(H,9,10)(H,11,12). The second kappa shape index (κ2) is 1.85. The van der Waals surface area contributed by atoms with Gasteiger partial charge in [0.05, 0.1) is 11.7 Å². The summed E-state index contributed by atoms with van der Waals surface area (Å²) in [5, 5.41) is 9.02. The van der Waals surface area contributed by atoms with Gasteiger partial charge in [0.1, 0.15) is 5.65 Å². The molecular formula is C8H6N4. The second-order valence-electron chi connectivity index (χ2n) is 2.70. The molecule has 0 aliphatic carbocycles. The van der Waals surface area contributed by atoms with E-state index in [2.05, 4.69) is 20.2 Å². The maximum absolute atomic E-state index is 4.23. The molecule has 0 fully saturated rings. The van der Waals surface area contributed by atoms with Crippen molar-refractivity contribution < 1.29 is 0 Å². The van der Waals surface area contributed by atoms with Crippen molar-refractivity contribution in [3.05, 3.63) is 24.7 Å². The van der Waals surface area contributed by atoms with E-state index in [1.165, 1.54) is 0 Å². The summed E-state index contributed by atoms with van der Waals surface area (Å²) in [6.07, 6.45) is 5.45. The van der Waals surface area contributed by atoms with Crippen LogP contribution < -0.4 is 0 Å². The summed E-state index contributed by atoms with van der Waals surface area (Å²) in [6.45, 7) is 0. The molecule has 0 amide bonds. The number of nitrogens with one attached hydrogen (secondary N) is 2. The van der Waals surface area contributed by atoms with Gasteiger partial charge in [-0.1, -0.05) is 0 Å². The van der Waals surface area contributed by atoms with Gasteiger partial charge in [-0.25, -0.2) is 4.98 Å². The van der Waals surface area contributed by atoms with E-state index in [0.29, 0.717) is 0 Å². The van der Waals surface area contributed by atoms with Crippen molar-refractivity contribution in [3.63, 3.8) is 0 Å². The van der Waals surface area contributed by atoms with Crippen molar-refractivity contribution in [2.45, 2.75) is 0 Å². The summed E-state index contributed by atoms with van der Waals surface area (Å²) in [5.41, 5.74) is 1.94. The minimum absolute atomic E-state index is 0.895. The average Bonchev–Trinajstić information content (AvgIpc) is 2.71. The molecule has 0 aromatic carbocycles. The molecule has 0 saturated carbocycles. The van der Waals surface area contributed by atoms with Gasteiger partial charge in [-0.2, -0.15) is 5.10 Å². The van der Waals surface area contributed by atoms with Gasteiger partial charge in [-0.3, -0.25) is 5.10 Å². The summed E-state index contributed by atoms with van der Waals surface area (Å²) in [6, 6.07) is 1.99. The van der Waals surface area contributed by atoms with Crippen LogP contribution in [-0.4, -0.2) is 20.2 Å². The maximum atomic E-state index is 4.23. The Labute approximate surface area is 67.6 Å². The fourth-order valence-electron chi connectivity index (χ4n) is 1.41. The number of aromatic amines is 2. The molecule has 0 atom stereocenters. The summed E-state index contributed by atoms with van der Waals surface area (Å²) in [5.74, 6) is 0. The normalized spacial score (nSPS) is 11.3. The van der Waals surface area contributed by atoms with Crippen molar-refractivity contribution in [3.8, 4) is 0 Å². The maximum Gasteiger partial charge on any atom is 0.139 e. The zero-order valence-corrected chi connectivity index (χ0v) is 6.20. The Hall–Kier alpha value is -1.84. The van der Waals surface area contributed by atoms with Gasteiger partial charge in [0, 0.05) is 23.2 Å². The van der Waals surface area contributed by atoms with E-state index in [1.807, 2.05) is 12.3 Å². The first-order valence-corrected chi connectivity index (χ1v) is 3.70. The van der Waals surface area contributed by atoms with Crippen LogP contribution in [0.1, 0.15) is 0 Å². The van der Waals surface area contributed by atoms with Crippen molar-refractivity contribution in [1.29, 1.82) is 0 Å². The highest BCUT2D eigenvalue weighted by molar-refractivity contribution is 6.01. The zero-order valence-electron chi connectivity index (χ0n) is 6.20. The molecule has 3 aromatic heterocycles. The Morgan fingerprint density at radius 1 is 1.25 bits per heavy atom. The van der Waals surface area contributed by atoms with E-state index in [-0.39, 0.29) is 0 Å². The highest BCUT2D eigenvalue weighted by Crippen LogP contribution is 2.19. The fourth-order valence-corrected chi connectivity index (χ4v) is 1.41. The van der Waals surface area contributed by atoms with Crippen molar-refractivity contribution >= 4 is 21.9 Å². The molecule has 3 heterocycles. The molecule has 3 aromatic rings. The molecular weight excluding hydrogens is 152 g/mol. The summed E-state index contributed by atoms with van der Waals surface area (Å²) >= 11 is 0. The number of fused-ring (bicyclic) bond motifs is 3. The second-order valence-corrected chi connectivity index (χ2v) is 2.70. The van der Waals surface area contributed by atoms with Crippen LogP contribution in [0, 0.1) is 0 Å². The molecule has 3 rings (SSSR count). The monoisotopic (exact) mass is 158 g/mol. The first-order valence-electron chi connectivity index (χ1n) is 3.70. The molecule has 0 unspecified atom stereocenters. The number of rotatable bonds is 0. The van der Waals surface area contributed by atoms with Crippen LogP contribution in [0.4, 0.5) is 0 Å². The highest BCUT2D eigenvalue weighted by atomic mass is 15.1. The van der Waals surface area contributed by atoms with Gasteiger partial charge in [0.2, 0.25) is 0 Å². The topological polar surface area (TPSA) is 57.4 Å². The van der Waals surface area contributed by atoms with E-state index in [4.69, 9.17) is 0 Å². The van der Waals surface area contributed by atoms with Crippen LogP contribution >= 0.6 is 0 Å². The minimum atomic E-state index is 0.895. The third-order valence-corrected chi connectivity index (χ3v) is 2.00. The van der Waals surface area contributed by atoms with Gasteiger partial charge >= 0.3 is 0 Å². The third kappa shape index (κ3) is 0.567. The number of pyridine rings is 1. The molecule has 0 spiro atoms. The quantitative estimate of drug-likeness (QED) is 0.520. The molecule has 12 heavy (non-hydrogen) atoms. The van der Waals surface area contributed by atoms with Gasteiger partial charge in [-0.15, -0.1) is 0 Å². The minimum Gasteiger partial charge on any atom is -0.346 e. The van der Waals surface area contributed by atoms with Gasteiger partial charge in [0.15, 0.2) is 0 Å². The van der Waals surface area contributed by atoms with Crippen molar-refractivity contribution in [2.24, 2.45) is 0 Å². The number of nitrogens with zero attached hydrogens (tertiary/aromatic N) is 2. The lowest BCUT2D eigenvalue weighted by Gasteiger charge is -1.89. The SMILES string of the molecule is c1cc2c(ncc3cn[nH]c32)[nH]1. The van der Waals surface area contributed by atoms with Crippen LogP contribution in [-0.2, 0) is 0 Å². The average molecular weight is 158 g/mol. The molecule has 4 heteroatoms. The van der Waals surface area contributed by atoms with Crippen molar-refractivity contribution in [2.75, 3.05) is 0 Å². The Balaban J connectivity index is 2.71. The Morgan fingerprint density at radius 3 is 3.25 bits per heavy atom. The molecule has 0 aliphatic rings. The number of H-pyrrole nitrogens is 2. The predicted octanol–water partition coefficient (Wildman–Crippen LogP) is 1.44. The lowest BCUT2D eigenvalue weighted by atomic mass is 10.2. The van der Waals surface area contributed by atoms with Crippen molar-refractivity contribution in [1.82, 2.24) is 20.2 Å². The molecule has 2 N–H and O–H groups in total. The van der Waals surface area contributed by atoms with E-state index in [1.54, 1.807) is 12.4 Å². The van der Waals surface area contributed by atoms with E-state index < -0.39 is 0 Å². The summed E-state index contributed by atoms with van der Waals surface area (Å²) < 4.78 is 0. The van der Waals surface area contributed by atoms with E-state index in [0.717, 1.165) is 21.9 Å². The molecule has 0 radical (unpaired) electrons. The van der Waals surface area contributed by atoms with Crippen LogP contribution in [0.2, 0.25) is 0 Å². The smallest absolute Gasteiger partial charge is 0.139 e. The Morgan fingerprint density at radius 2 is 2.25 bits per heavy atom. The molecule has 0 aliphatic heterocycles. The van der Waals surface area contributed by atoms with Crippen LogP contribution in [0.15, 0.2) is 24.7 Å². The van der Waals surface area contributed by atoms with Crippen LogP contribution in [0.5, 0.6) is 0 Å². The first kappa shape index (κ1) is 5.77. The largest absolute Gasteiger partial charge is 0.346 e. The van der Waals surface area contributed by atoms with Gasteiger partial charge in [-0.05, 0) is 6.07 Å². The molecule has 4 nitrogen and oxygen atoms in total. The summed E-state index contributed by atoms with van der Waals surface area (Å²) in [4.78, 5) is 7.27. The summed E-state index contributed by atoms with van der Waals surface area (Å²) in [7, 11) is 0. The lowest BCUT2D eigenvalue weighted by Crippen LogP contribution is -1.76. The third-order valence-electron chi connectivity index (χ3n) is 2.00. The first-order chi connectivity index (χ1) is 5.95. The van der Waals surface area contributed by atoms with Crippen LogP contribution in [0.25, 0.3) is 21.9 Å². The van der Waals surface area contributed by atoms with Gasteiger partial charge < -0.3 is 4.98 Å². The lowest BCUT2D eigenvalue weighted by molar-refractivity contribution is 1.12. The predicted molar refractivity (Wildman–Crippen MR) is 45.7 cm³/mol. The Kier molecular flexibility index (Phi) is 0.889. The van der Waals surface area contributed by atoms with Crippen LogP contribution in [0.3, 0.4) is 0 Å². The number of hydrogen-bond donors (Lipinski definition) is 2. The van der Waals surface area contributed by atoms with Gasteiger partial charge in [0.25, 0.3) is 0 Å². The Bertz CT molecular complexity index is 484. The zero-order chi connectivity index (χ0) is 7.97. The molecule has 0 saturated heterocycles. The fraction of sp³-hybridized carbons (Fsp3) is 0. The molecule has 58 valence electrons. The highest BCUT2D eigenvalue weighted by Gasteiger charge is 2.02.